The highest BCUT2D eigenvalue weighted by molar-refractivity contribution is 5.18. The maximum atomic E-state index is 10.1. The Hall–Kier alpha value is -0.830. The molecule has 0 fully saturated rings. The third kappa shape index (κ3) is 1.98. The predicted octanol–water partition coefficient (Wildman–Crippen LogP) is 2.05. The molecule has 0 saturated heterocycles. The van der Waals surface area contributed by atoms with Crippen LogP contribution in [-0.2, 0) is 7.05 Å². The summed E-state index contributed by atoms with van der Waals surface area (Å²) >= 11 is 0. The van der Waals surface area contributed by atoms with Crippen LogP contribution in [0.2, 0.25) is 0 Å². The average Bonchev–Trinajstić information content (AvgIpc) is 2.44. The van der Waals surface area contributed by atoms with Gasteiger partial charge < -0.3 is 5.11 Å². The first kappa shape index (κ1) is 11.2. The van der Waals surface area contributed by atoms with E-state index in [9.17, 15) is 5.11 Å². The third-order valence-electron chi connectivity index (χ3n) is 3.01. The van der Waals surface area contributed by atoms with E-state index >= 15 is 0 Å². The van der Waals surface area contributed by atoms with Crippen molar-refractivity contribution in [3.63, 3.8) is 0 Å². The zero-order valence-corrected chi connectivity index (χ0v) is 9.65. The first-order valence-corrected chi connectivity index (χ1v) is 5.11. The van der Waals surface area contributed by atoms with Crippen molar-refractivity contribution >= 4 is 0 Å². The topological polar surface area (TPSA) is 38.0 Å². The molecule has 0 aliphatic heterocycles. The van der Waals surface area contributed by atoms with Crippen molar-refractivity contribution in [3.05, 3.63) is 17.5 Å². The zero-order chi connectivity index (χ0) is 10.9. The zero-order valence-electron chi connectivity index (χ0n) is 9.65. The minimum Gasteiger partial charge on any atom is -0.387 e. The molecule has 2 unspecified atom stereocenters. The molecule has 1 rings (SSSR count). The van der Waals surface area contributed by atoms with Gasteiger partial charge in [-0.1, -0.05) is 20.8 Å². The van der Waals surface area contributed by atoms with Crippen molar-refractivity contribution in [2.75, 3.05) is 0 Å². The van der Waals surface area contributed by atoms with Crippen molar-refractivity contribution in [1.29, 1.82) is 0 Å². The molecule has 3 heteroatoms. The first-order valence-electron chi connectivity index (χ1n) is 5.11. The van der Waals surface area contributed by atoms with Crippen LogP contribution >= 0.6 is 0 Å². The third-order valence-corrected chi connectivity index (χ3v) is 3.01. The van der Waals surface area contributed by atoms with E-state index in [1.807, 2.05) is 14.0 Å². The normalized spacial score (nSPS) is 15.9. The van der Waals surface area contributed by atoms with E-state index in [0.29, 0.717) is 5.92 Å². The lowest BCUT2D eigenvalue weighted by Gasteiger charge is -2.23. The maximum Gasteiger partial charge on any atom is 0.0987 e. The molecule has 0 spiro atoms. The number of aromatic nitrogens is 2. The quantitative estimate of drug-likeness (QED) is 0.803. The second kappa shape index (κ2) is 4.13. The molecular weight excluding hydrogens is 176 g/mol. The Morgan fingerprint density at radius 2 is 1.93 bits per heavy atom. The Morgan fingerprint density at radius 1 is 1.36 bits per heavy atom. The number of rotatable bonds is 3. The van der Waals surface area contributed by atoms with E-state index in [2.05, 4.69) is 25.9 Å². The smallest absolute Gasteiger partial charge is 0.0987 e. The first-order chi connectivity index (χ1) is 6.45. The van der Waals surface area contributed by atoms with E-state index in [1.54, 1.807) is 10.9 Å². The molecule has 0 aromatic carbocycles. The van der Waals surface area contributed by atoms with Crippen LogP contribution in [0.1, 0.15) is 38.1 Å². The number of hydrogen-bond acceptors (Lipinski definition) is 2. The highest BCUT2D eigenvalue weighted by Gasteiger charge is 2.23. The van der Waals surface area contributed by atoms with Crippen LogP contribution in [0.4, 0.5) is 0 Å². The Morgan fingerprint density at radius 3 is 2.29 bits per heavy atom. The van der Waals surface area contributed by atoms with E-state index in [-0.39, 0.29) is 5.92 Å². The van der Waals surface area contributed by atoms with Gasteiger partial charge in [0.25, 0.3) is 0 Å². The standard InChI is InChI=1S/C11H20N2O/c1-7(2)9(4)11(14)10-8(3)6-12-13(10)5/h6-7,9,11,14H,1-5H3. The largest absolute Gasteiger partial charge is 0.387 e. The molecule has 2 atom stereocenters. The summed E-state index contributed by atoms with van der Waals surface area (Å²) in [6.45, 7) is 8.31. The fourth-order valence-corrected chi connectivity index (χ4v) is 1.60. The molecule has 1 heterocycles. The van der Waals surface area contributed by atoms with Crippen LogP contribution in [0.25, 0.3) is 0 Å². The summed E-state index contributed by atoms with van der Waals surface area (Å²) in [6.07, 6.45) is 1.38. The maximum absolute atomic E-state index is 10.1. The Bertz CT molecular complexity index is 285. The van der Waals surface area contributed by atoms with Gasteiger partial charge in [0, 0.05) is 7.05 Å². The van der Waals surface area contributed by atoms with Gasteiger partial charge in [-0.3, -0.25) is 4.68 Å². The Kier molecular flexibility index (Phi) is 3.32. The number of nitrogens with zero attached hydrogens (tertiary/aromatic N) is 2. The Balaban J connectivity index is 2.94. The fraction of sp³-hybridized carbons (Fsp3) is 0.727. The lowest BCUT2D eigenvalue weighted by Crippen LogP contribution is -2.18. The summed E-state index contributed by atoms with van der Waals surface area (Å²) in [5, 5.41) is 14.3. The van der Waals surface area contributed by atoms with Crippen LogP contribution in [0.15, 0.2) is 6.20 Å². The summed E-state index contributed by atoms with van der Waals surface area (Å²) in [5.74, 6) is 0.725. The van der Waals surface area contributed by atoms with E-state index < -0.39 is 6.10 Å². The molecule has 0 saturated carbocycles. The van der Waals surface area contributed by atoms with E-state index in [4.69, 9.17) is 0 Å². The predicted molar refractivity (Wildman–Crippen MR) is 56.9 cm³/mol. The molecule has 3 nitrogen and oxygen atoms in total. The van der Waals surface area contributed by atoms with Crippen LogP contribution in [0.5, 0.6) is 0 Å². The summed E-state index contributed by atoms with van der Waals surface area (Å²) in [6, 6.07) is 0. The van der Waals surface area contributed by atoms with Crippen LogP contribution in [0.3, 0.4) is 0 Å². The molecule has 80 valence electrons. The molecular formula is C11H20N2O. The average molecular weight is 196 g/mol. The van der Waals surface area contributed by atoms with Gasteiger partial charge in [-0.2, -0.15) is 5.10 Å². The second-order valence-corrected chi connectivity index (χ2v) is 4.38. The van der Waals surface area contributed by atoms with Crippen molar-refractivity contribution in [1.82, 2.24) is 9.78 Å². The highest BCUT2D eigenvalue weighted by atomic mass is 16.3. The van der Waals surface area contributed by atoms with E-state index in [1.165, 1.54) is 0 Å². The van der Waals surface area contributed by atoms with Crippen LogP contribution in [-0.4, -0.2) is 14.9 Å². The van der Waals surface area contributed by atoms with Crippen LogP contribution < -0.4 is 0 Å². The molecule has 1 aromatic heterocycles. The van der Waals surface area contributed by atoms with Gasteiger partial charge in [0.2, 0.25) is 0 Å². The minimum absolute atomic E-state index is 0.254. The SMILES string of the molecule is Cc1cnn(C)c1C(O)C(C)C(C)C. The monoisotopic (exact) mass is 196 g/mol. The highest BCUT2D eigenvalue weighted by Crippen LogP contribution is 2.28. The molecule has 0 aliphatic rings. The Labute approximate surface area is 85.8 Å². The minimum atomic E-state index is -0.414. The van der Waals surface area contributed by atoms with E-state index in [0.717, 1.165) is 11.3 Å². The van der Waals surface area contributed by atoms with Crippen molar-refractivity contribution in [3.8, 4) is 0 Å². The fourth-order valence-electron chi connectivity index (χ4n) is 1.60. The second-order valence-electron chi connectivity index (χ2n) is 4.38. The van der Waals surface area contributed by atoms with Gasteiger partial charge in [-0.05, 0) is 24.3 Å². The molecule has 14 heavy (non-hydrogen) atoms. The lowest BCUT2D eigenvalue weighted by atomic mass is 9.89. The molecule has 1 N–H and O–H groups in total. The molecule has 0 bridgehead atoms. The van der Waals surface area contributed by atoms with Gasteiger partial charge in [-0.15, -0.1) is 0 Å². The summed E-state index contributed by atoms with van der Waals surface area (Å²) in [7, 11) is 1.87. The molecule has 0 aliphatic carbocycles. The van der Waals surface area contributed by atoms with Gasteiger partial charge >= 0.3 is 0 Å². The summed E-state index contributed by atoms with van der Waals surface area (Å²) < 4.78 is 1.76. The molecule has 0 amide bonds. The van der Waals surface area contributed by atoms with Gasteiger partial charge in [0.15, 0.2) is 0 Å². The van der Waals surface area contributed by atoms with Gasteiger partial charge in [-0.25, -0.2) is 0 Å². The van der Waals surface area contributed by atoms with Crippen molar-refractivity contribution in [2.24, 2.45) is 18.9 Å². The van der Waals surface area contributed by atoms with Gasteiger partial charge in [0.1, 0.15) is 0 Å². The summed E-state index contributed by atoms with van der Waals surface area (Å²) in [4.78, 5) is 0. The number of aryl methyl sites for hydroxylation is 2. The molecule has 1 aromatic rings. The van der Waals surface area contributed by atoms with Crippen molar-refractivity contribution < 1.29 is 5.11 Å². The van der Waals surface area contributed by atoms with Crippen molar-refractivity contribution in [2.45, 2.75) is 33.8 Å². The van der Waals surface area contributed by atoms with Crippen LogP contribution in [0, 0.1) is 18.8 Å². The number of aliphatic hydroxyl groups excluding tert-OH is 1. The van der Waals surface area contributed by atoms with Gasteiger partial charge in [0.05, 0.1) is 18.0 Å². The number of aliphatic hydroxyl groups is 1. The molecule has 0 radical (unpaired) electrons. The lowest BCUT2D eigenvalue weighted by molar-refractivity contribution is 0.0840. The number of hydrogen-bond donors (Lipinski definition) is 1. The summed E-state index contributed by atoms with van der Waals surface area (Å²) in [5.41, 5.74) is 2.00.